The van der Waals surface area contributed by atoms with Gasteiger partial charge in [-0.15, -0.1) is 0 Å². The van der Waals surface area contributed by atoms with E-state index in [0.29, 0.717) is 18.3 Å². The van der Waals surface area contributed by atoms with Crippen LogP contribution in [0.2, 0.25) is 0 Å². The fourth-order valence-electron chi connectivity index (χ4n) is 1.75. The third-order valence-electron chi connectivity index (χ3n) is 2.64. The molecule has 1 rings (SSSR count). The van der Waals surface area contributed by atoms with E-state index in [1.54, 1.807) is 14.2 Å². The second-order valence-electron chi connectivity index (χ2n) is 4.35. The van der Waals surface area contributed by atoms with Crippen LogP contribution in [0.4, 0.5) is 5.69 Å². The molecule has 1 unspecified atom stereocenters. The maximum absolute atomic E-state index is 5.29. The standard InChI is InChI=1S/C14H22N2O2S/c1-11(10-18-3)15-14(19)16-13-7-5-4-6-12(13)8-9-17-2/h4-7,11H,8-10H2,1-3H3,(H2,15,16,19). The van der Waals surface area contributed by atoms with Gasteiger partial charge in [-0.25, -0.2) is 0 Å². The molecule has 0 saturated heterocycles. The topological polar surface area (TPSA) is 42.5 Å². The Bertz CT molecular complexity index is 399. The van der Waals surface area contributed by atoms with Gasteiger partial charge in [0.2, 0.25) is 0 Å². The summed E-state index contributed by atoms with van der Waals surface area (Å²) < 4.78 is 10.2. The molecule has 106 valence electrons. The highest BCUT2D eigenvalue weighted by atomic mass is 32.1. The average Bonchev–Trinajstić information content (AvgIpc) is 2.37. The highest BCUT2D eigenvalue weighted by molar-refractivity contribution is 7.80. The third kappa shape index (κ3) is 6.00. The van der Waals surface area contributed by atoms with Crippen LogP contribution in [-0.4, -0.2) is 38.6 Å². The molecule has 4 nitrogen and oxygen atoms in total. The average molecular weight is 282 g/mol. The first kappa shape index (κ1) is 15.9. The predicted molar refractivity (Wildman–Crippen MR) is 82.7 cm³/mol. The summed E-state index contributed by atoms with van der Waals surface area (Å²) in [5.41, 5.74) is 2.20. The Morgan fingerprint density at radius 1 is 1.26 bits per heavy atom. The first-order chi connectivity index (χ1) is 9.17. The fraction of sp³-hybridized carbons (Fsp3) is 0.500. The number of methoxy groups -OCH3 is 2. The summed E-state index contributed by atoms with van der Waals surface area (Å²) in [5.74, 6) is 0. The fourth-order valence-corrected chi connectivity index (χ4v) is 2.06. The van der Waals surface area contributed by atoms with Gasteiger partial charge in [0.25, 0.3) is 0 Å². The molecular weight excluding hydrogens is 260 g/mol. The molecule has 0 fully saturated rings. The van der Waals surface area contributed by atoms with Gasteiger partial charge in [-0.05, 0) is 37.2 Å². The number of ether oxygens (including phenoxy) is 2. The first-order valence-corrected chi connectivity index (χ1v) is 6.71. The van der Waals surface area contributed by atoms with E-state index < -0.39 is 0 Å². The van der Waals surface area contributed by atoms with Crippen LogP contribution in [-0.2, 0) is 15.9 Å². The van der Waals surface area contributed by atoms with Crippen LogP contribution >= 0.6 is 12.2 Å². The van der Waals surface area contributed by atoms with Crippen molar-refractivity contribution in [2.75, 3.05) is 32.8 Å². The minimum Gasteiger partial charge on any atom is -0.384 e. The number of rotatable bonds is 7. The summed E-state index contributed by atoms with van der Waals surface area (Å²) in [6, 6.07) is 8.26. The van der Waals surface area contributed by atoms with Gasteiger partial charge >= 0.3 is 0 Å². The summed E-state index contributed by atoms with van der Waals surface area (Å²) in [4.78, 5) is 0. The molecule has 0 aromatic heterocycles. The van der Waals surface area contributed by atoms with Crippen LogP contribution in [0.5, 0.6) is 0 Å². The maximum atomic E-state index is 5.29. The van der Waals surface area contributed by atoms with Crippen molar-refractivity contribution in [3.05, 3.63) is 29.8 Å². The molecule has 0 heterocycles. The van der Waals surface area contributed by atoms with Crippen molar-refractivity contribution in [2.24, 2.45) is 0 Å². The number of benzene rings is 1. The number of thiocarbonyl (C=S) groups is 1. The van der Waals surface area contributed by atoms with E-state index in [2.05, 4.69) is 16.7 Å². The van der Waals surface area contributed by atoms with Gasteiger partial charge in [-0.2, -0.15) is 0 Å². The van der Waals surface area contributed by atoms with Crippen molar-refractivity contribution in [2.45, 2.75) is 19.4 Å². The smallest absolute Gasteiger partial charge is 0.171 e. The highest BCUT2D eigenvalue weighted by Crippen LogP contribution is 2.15. The summed E-state index contributed by atoms with van der Waals surface area (Å²) in [5, 5.41) is 7.00. The minimum atomic E-state index is 0.177. The monoisotopic (exact) mass is 282 g/mol. The van der Waals surface area contributed by atoms with E-state index in [4.69, 9.17) is 21.7 Å². The zero-order chi connectivity index (χ0) is 14.1. The zero-order valence-electron chi connectivity index (χ0n) is 11.7. The lowest BCUT2D eigenvalue weighted by atomic mass is 10.1. The number of anilines is 1. The van der Waals surface area contributed by atoms with Gasteiger partial charge in [0.05, 0.1) is 13.2 Å². The van der Waals surface area contributed by atoms with Crippen LogP contribution in [0.25, 0.3) is 0 Å². The van der Waals surface area contributed by atoms with E-state index in [0.717, 1.165) is 12.1 Å². The largest absolute Gasteiger partial charge is 0.384 e. The number of para-hydroxylation sites is 1. The SMILES string of the molecule is COCCc1ccccc1NC(=S)NC(C)COC. The second kappa shape index (κ2) is 8.85. The summed E-state index contributed by atoms with van der Waals surface area (Å²) >= 11 is 5.29. The molecule has 0 spiro atoms. The molecule has 5 heteroatoms. The predicted octanol–water partition coefficient (Wildman–Crippen LogP) is 2.20. The van der Waals surface area contributed by atoms with Crippen LogP contribution in [0.15, 0.2) is 24.3 Å². The number of hydrogen-bond donors (Lipinski definition) is 2. The van der Waals surface area contributed by atoms with Crippen molar-refractivity contribution < 1.29 is 9.47 Å². The van der Waals surface area contributed by atoms with Crippen LogP contribution in [0.3, 0.4) is 0 Å². The lowest BCUT2D eigenvalue weighted by Gasteiger charge is -2.17. The summed E-state index contributed by atoms with van der Waals surface area (Å²) in [7, 11) is 3.38. The minimum absolute atomic E-state index is 0.177. The van der Waals surface area contributed by atoms with Gasteiger partial charge in [0, 0.05) is 25.9 Å². The van der Waals surface area contributed by atoms with Gasteiger partial charge in [-0.1, -0.05) is 18.2 Å². The normalized spacial score (nSPS) is 11.9. The quantitative estimate of drug-likeness (QED) is 0.751. The van der Waals surface area contributed by atoms with Crippen LogP contribution in [0.1, 0.15) is 12.5 Å². The molecule has 1 atom stereocenters. The van der Waals surface area contributed by atoms with E-state index in [9.17, 15) is 0 Å². The Morgan fingerprint density at radius 2 is 2.00 bits per heavy atom. The van der Waals surface area contributed by atoms with E-state index in [-0.39, 0.29) is 6.04 Å². The van der Waals surface area contributed by atoms with Gasteiger partial charge in [-0.3, -0.25) is 0 Å². The zero-order valence-corrected chi connectivity index (χ0v) is 12.5. The maximum Gasteiger partial charge on any atom is 0.171 e. The number of nitrogens with one attached hydrogen (secondary N) is 2. The van der Waals surface area contributed by atoms with E-state index in [1.807, 2.05) is 25.1 Å². The van der Waals surface area contributed by atoms with Crippen molar-refractivity contribution in [3.63, 3.8) is 0 Å². The molecule has 0 bridgehead atoms. The Morgan fingerprint density at radius 3 is 2.68 bits per heavy atom. The van der Waals surface area contributed by atoms with Crippen molar-refractivity contribution in [1.29, 1.82) is 0 Å². The molecule has 0 saturated carbocycles. The van der Waals surface area contributed by atoms with Gasteiger partial charge in [0.1, 0.15) is 0 Å². The summed E-state index contributed by atoms with van der Waals surface area (Å²) in [6.45, 7) is 3.33. The molecule has 0 aliphatic rings. The Labute approximate surface area is 120 Å². The van der Waals surface area contributed by atoms with Crippen molar-refractivity contribution in [1.82, 2.24) is 5.32 Å². The lowest BCUT2D eigenvalue weighted by Crippen LogP contribution is -2.38. The summed E-state index contributed by atoms with van der Waals surface area (Å²) in [6.07, 6.45) is 0.857. The van der Waals surface area contributed by atoms with Crippen LogP contribution < -0.4 is 10.6 Å². The molecule has 1 aromatic carbocycles. The molecular formula is C14H22N2O2S. The third-order valence-corrected chi connectivity index (χ3v) is 2.86. The second-order valence-corrected chi connectivity index (χ2v) is 4.76. The van der Waals surface area contributed by atoms with E-state index in [1.165, 1.54) is 5.56 Å². The van der Waals surface area contributed by atoms with Gasteiger partial charge in [0.15, 0.2) is 5.11 Å². The van der Waals surface area contributed by atoms with Crippen LogP contribution in [0, 0.1) is 0 Å². The molecule has 2 N–H and O–H groups in total. The molecule has 0 aliphatic carbocycles. The Hall–Kier alpha value is -1.17. The first-order valence-electron chi connectivity index (χ1n) is 6.30. The molecule has 19 heavy (non-hydrogen) atoms. The van der Waals surface area contributed by atoms with Gasteiger partial charge < -0.3 is 20.1 Å². The lowest BCUT2D eigenvalue weighted by molar-refractivity contribution is 0.179. The molecule has 1 aromatic rings. The molecule has 0 radical (unpaired) electrons. The van der Waals surface area contributed by atoms with E-state index >= 15 is 0 Å². The van der Waals surface area contributed by atoms with Crippen molar-refractivity contribution in [3.8, 4) is 0 Å². The highest BCUT2D eigenvalue weighted by Gasteiger charge is 2.06. The molecule has 0 amide bonds. The number of hydrogen-bond acceptors (Lipinski definition) is 3. The van der Waals surface area contributed by atoms with Crippen molar-refractivity contribution >= 4 is 23.0 Å². The Kier molecular flexibility index (Phi) is 7.40. The molecule has 0 aliphatic heterocycles. The Balaban J connectivity index is 2.58.